The van der Waals surface area contributed by atoms with Gasteiger partial charge in [0.2, 0.25) is 5.91 Å². The van der Waals surface area contributed by atoms with Gasteiger partial charge in [0.15, 0.2) is 12.0 Å². The van der Waals surface area contributed by atoms with Crippen molar-refractivity contribution in [2.75, 3.05) is 13.1 Å². The smallest absolute Gasteiger partial charge is 0.231 e. The predicted octanol–water partition coefficient (Wildman–Crippen LogP) is 0.445. The Morgan fingerprint density at radius 3 is 3.19 bits per heavy atom. The van der Waals surface area contributed by atoms with Crippen molar-refractivity contribution in [1.29, 1.82) is 0 Å². The van der Waals surface area contributed by atoms with E-state index in [9.17, 15) is 4.79 Å². The zero-order chi connectivity index (χ0) is 11.4. The summed E-state index contributed by atoms with van der Waals surface area (Å²) in [5, 5.41) is 2.95. The van der Waals surface area contributed by atoms with Gasteiger partial charge in [0, 0.05) is 0 Å². The van der Waals surface area contributed by atoms with E-state index in [0.717, 1.165) is 23.1 Å². The fraction of sp³-hybridized carbons (Fsp3) is 0.273. The molecule has 0 radical (unpaired) electrons. The number of hydrogen-bond donors (Lipinski definition) is 2. The summed E-state index contributed by atoms with van der Waals surface area (Å²) in [5.41, 5.74) is 7.79. The van der Waals surface area contributed by atoms with E-state index >= 15 is 0 Å². The highest BCUT2D eigenvalue weighted by molar-refractivity contribution is 5.75. The van der Waals surface area contributed by atoms with Gasteiger partial charge in [0.25, 0.3) is 0 Å². The Hall–Kier alpha value is -1.88. The zero-order valence-corrected chi connectivity index (χ0v) is 8.77. The number of rotatable bonds is 5. The van der Waals surface area contributed by atoms with Gasteiger partial charge in [-0.2, -0.15) is 0 Å². The van der Waals surface area contributed by atoms with Crippen LogP contribution in [0, 0.1) is 0 Å². The number of amides is 1. The maximum absolute atomic E-state index is 10.5. The average Bonchev–Trinajstić information content (AvgIpc) is 2.71. The van der Waals surface area contributed by atoms with E-state index in [2.05, 4.69) is 10.3 Å². The first-order valence-electron chi connectivity index (χ1n) is 5.07. The summed E-state index contributed by atoms with van der Waals surface area (Å²) in [6, 6.07) is 5.87. The molecule has 1 aromatic carbocycles. The highest BCUT2D eigenvalue weighted by Gasteiger charge is 2.00. The van der Waals surface area contributed by atoms with Gasteiger partial charge in [0.1, 0.15) is 5.52 Å². The summed E-state index contributed by atoms with van der Waals surface area (Å²) in [5.74, 6) is -0.342. The molecule has 84 valence electrons. The maximum Gasteiger partial charge on any atom is 0.231 e. The van der Waals surface area contributed by atoms with Crippen molar-refractivity contribution in [1.82, 2.24) is 10.3 Å². The molecule has 1 aromatic heterocycles. The van der Waals surface area contributed by atoms with Crippen LogP contribution in [0.5, 0.6) is 0 Å². The number of carbonyl (C=O) groups is 1. The summed E-state index contributed by atoms with van der Waals surface area (Å²) in [7, 11) is 0. The molecule has 0 aliphatic heterocycles. The molecule has 0 atom stereocenters. The van der Waals surface area contributed by atoms with Crippen LogP contribution in [0.4, 0.5) is 0 Å². The van der Waals surface area contributed by atoms with Crippen molar-refractivity contribution in [3.8, 4) is 0 Å². The van der Waals surface area contributed by atoms with E-state index in [1.165, 1.54) is 6.39 Å². The second kappa shape index (κ2) is 4.76. The van der Waals surface area contributed by atoms with Gasteiger partial charge < -0.3 is 15.5 Å². The summed E-state index contributed by atoms with van der Waals surface area (Å²) >= 11 is 0. The number of carbonyl (C=O) groups excluding carboxylic acids is 1. The molecular formula is C11H13N3O2. The lowest BCUT2D eigenvalue weighted by atomic mass is 10.1. The SMILES string of the molecule is NC(=O)CNCCc1ccc2ncoc2c1. The Labute approximate surface area is 92.6 Å². The van der Waals surface area contributed by atoms with Crippen LogP contribution in [0.1, 0.15) is 5.56 Å². The molecule has 3 N–H and O–H groups in total. The number of aromatic nitrogens is 1. The number of nitrogens with one attached hydrogen (secondary N) is 1. The molecule has 0 fully saturated rings. The summed E-state index contributed by atoms with van der Waals surface area (Å²) in [6.07, 6.45) is 2.25. The van der Waals surface area contributed by atoms with Gasteiger partial charge in [-0.05, 0) is 30.7 Å². The first kappa shape index (κ1) is 10.6. The minimum atomic E-state index is -0.342. The standard InChI is InChI=1S/C11H13N3O2/c12-11(15)6-13-4-3-8-1-2-9-10(5-8)16-7-14-9/h1-2,5,7,13H,3-4,6H2,(H2,12,15). The Morgan fingerprint density at radius 1 is 1.50 bits per heavy atom. The van der Waals surface area contributed by atoms with Crippen LogP contribution >= 0.6 is 0 Å². The number of nitrogens with two attached hydrogens (primary N) is 1. The fourth-order valence-electron chi connectivity index (χ4n) is 1.50. The minimum absolute atomic E-state index is 0.213. The van der Waals surface area contributed by atoms with Gasteiger partial charge in [0.05, 0.1) is 6.54 Å². The van der Waals surface area contributed by atoms with E-state index in [4.69, 9.17) is 10.2 Å². The molecule has 16 heavy (non-hydrogen) atoms. The molecule has 0 unspecified atom stereocenters. The van der Waals surface area contributed by atoms with E-state index in [1.54, 1.807) is 0 Å². The second-order valence-electron chi connectivity index (χ2n) is 3.55. The molecular weight excluding hydrogens is 206 g/mol. The molecule has 0 aliphatic carbocycles. The Kier molecular flexibility index (Phi) is 3.16. The lowest BCUT2D eigenvalue weighted by molar-refractivity contribution is -0.117. The molecule has 1 amide bonds. The highest BCUT2D eigenvalue weighted by atomic mass is 16.3. The Bertz CT molecular complexity index is 493. The summed E-state index contributed by atoms with van der Waals surface area (Å²) in [6.45, 7) is 0.924. The zero-order valence-electron chi connectivity index (χ0n) is 8.77. The van der Waals surface area contributed by atoms with Crippen molar-refractivity contribution in [3.63, 3.8) is 0 Å². The van der Waals surface area contributed by atoms with Gasteiger partial charge in [-0.15, -0.1) is 0 Å². The Morgan fingerprint density at radius 2 is 2.38 bits per heavy atom. The fourth-order valence-corrected chi connectivity index (χ4v) is 1.50. The first-order chi connectivity index (χ1) is 7.75. The lowest BCUT2D eigenvalue weighted by Gasteiger charge is -2.02. The first-order valence-corrected chi connectivity index (χ1v) is 5.07. The minimum Gasteiger partial charge on any atom is -0.443 e. The number of hydrogen-bond acceptors (Lipinski definition) is 4. The van der Waals surface area contributed by atoms with Crippen molar-refractivity contribution >= 4 is 17.0 Å². The topological polar surface area (TPSA) is 81.2 Å². The van der Waals surface area contributed by atoms with Crippen LogP contribution in [-0.4, -0.2) is 24.0 Å². The largest absolute Gasteiger partial charge is 0.443 e. The van der Waals surface area contributed by atoms with E-state index < -0.39 is 0 Å². The molecule has 5 heteroatoms. The monoisotopic (exact) mass is 219 g/mol. The average molecular weight is 219 g/mol. The number of oxazole rings is 1. The molecule has 5 nitrogen and oxygen atoms in total. The molecule has 2 rings (SSSR count). The second-order valence-corrected chi connectivity index (χ2v) is 3.55. The van der Waals surface area contributed by atoms with Crippen molar-refractivity contribution in [2.45, 2.75) is 6.42 Å². The Balaban J connectivity index is 1.91. The van der Waals surface area contributed by atoms with Crippen LogP contribution in [0.2, 0.25) is 0 Å². The van der Waals surface area contributed by atoms with Gasteiger partial charge in [-0.1, -0.05) is 6.07 Å². The molecule has 0 saturated carbocycles. The van der Waals surface area contributed by atoms with Gasteiger partial charge in [-0.25, -0.2) is 4.98 Å². The third-order valence-corrected chi connectivity index (χ3v) is 2.29. The van der Waals surface area contributed by atoms with Gasteiger partial charge in [-0.3, -0.25) is 4.79 Å². The van der Waals surface area contributed by atoms with Crippen LogP contribution < -0.4 is 11.1 Å². The summed E-state index contributed by atoms with van der Waals surface area (Å²) < 4.78 is 5.20. The lowest BCUT2D eigenvalue weighted by Crippen LogP contribution is -2.29. The molecule has 1 heterocycles. The van der Waals surface area contributed by atoms with Crippen LogP contribution in [0.3, 0.4) is 0 Å². The van der Waals surface area contributed by atoms with Crippen LogP contribution in [0.15, 0.2) is 29.0 Å². The molecule has 0 spiro atoms. The van der Waals surface area contributed by atoms with Crippen LogP contribution in [-0.2, 0) is 11.2 Å². The van der Waals surface area contributed by atoms with E-state index in [0.29, 0.717) is 6.54 Å². The number of nitrogens with zero attached hydrogens (tertiary/aromatic N) is 1. The normalized spacial score (nSPS) is 10.8. The third kappa shape index (κ3) is 2.58. The number of fused-ring (bicyclic) bond motifs is 1. The third-order valence-electron chi connectivity index (χ3n) is 2.29. The van der Waals surface area contributed by atoms with Crippen molar-refractivity contribution in [3.05, 3.63) is 30.2 Å². The van der Waals surface area contributed by atoms with E-state index in [-0.39, 0.29) is 12.5 Å². The predicted molar refractivity (Wildman–Crippen MR) is 59.8 cm³/mol. The van der Waals surface area contributed by atoms with Crippen LogP contribution in [0.25, 0.3) is 11.1 Å². The number of primary amides is 1. The molecule has 2 aromatic rings. The molecule has 0 saturated heterocycles. The molecule has 0 bridgehead atoms. The quantitative estimate of drug-likeness (QED) is 0.715. The number of benzene rings is 1. The molecule has 0 aliphatic rings. The highest BCUT2D eigenvalue weighted by Crippen LogP contribution is 2.14. The maximum atomic E-state index is 10.5. The summed E-state index contributed by atoms with van der Waals surface area (Å²) in [4.78, 5) is 14.5. The van der Waals surface area contributed by atoms with E-state index in [1.807, 2.05) is 18.2 Å². The van der Waals surface area contributed by atoms with Crippen molar-refractivity contribution in [2.24, 2.45) is 5.73 Å². The van der Waals surface area contributed by atoms with Gasteiger partial charge >= 0.3 is 0 Å². The van der Waals surface area contributed by atoms with Crippen molar-refractivity contribution < 1.29 is 9.21 Å².